The lowest BCUT2D eigenvalue weighted by Crippen LogP contribution is -2.42. The highest BCUT2D eigenvalue weighted by Gasteiger charge is 2.69. The summed E-state index contributed by atoms with van der Waals surface area (Å²) in [4.78, 5) is 55.9. The fraction of sp³-hybridized carbons (Fsp3) is 0.419. The number of halogens is 2. The van der Waals surface area contributed by atoms with Crippen LogP contribution < -0.4 is 14.3 Å². The van der Waals surface area contributed by atoms with Crippen molar-refractivity contribution in [3.8, 4) is 11.5 Å². The Kier molecular flexibility index (Phi) is 7.71. The number of carboxylic acids is 1. The van der Waals surface area contributed by atoms with Gasteiger partial charge >= 0.3 is 10.8 Å². The van der Waals surface area contributed by atoms with Crippen molar-refractivity contribution in [2.24, 2.45) is 29.6 Å². The molecule has 2 aliphatic heterocycles. The molecule has 2 amide bonds. The topological polar surface area (TPSA) is 126 Å². The number of ether oxygens (including phenoxy) is 2. The first-order valence-electron chi connectivity index (χ1n) is 14.4. The van der Waals surface area contributed by atoms with E-state index in [9.17, 15) is 19.2 Å². The number of benzene rings is 2. The molecule has 44 heavy (non-hydrogen) atoms. The molecule has 2 aromatic carbocycles. The maximum atomic E-state index is 13.7. The van der Waals surface area contributed by atoms with Crippen LogP contribution in [0.3, 0.4) is 0 Å². The molecule has 1 aromatic heterocycles. The van der Waals surface area contributed by atoms with Gasteiger partial charge in [0.1, 0.15) is 6.61 Å². The summed E-state index contributed by atoms with van der Waals surface area (Å²) in [7, 11) is 1.57. The quantitative estimate of drug-likeness (QED) is 0.278. The normalized spacial score (nSPS) is 28.2. The molecule has 4 aliphatic rings. The highest BCUT2D eigenvalue weighted by atomic mass is 35.5. The Hall–Kier alpha value is -2.99. The smallest absolute Gasteiger partial charge is 0.305 e. The summed E-state index contributed by atoms with van der Waals surface area (Å²) in [6, 6.07) is 11.0. The van der Waals surface area contributed by atoms with Crippen LogP contribution in [0.5, 0.6) is 11.5 Å². The van der Waals surface area contributed by atoms with Gasteiger partial charge in [-0.1, -0.05) is 46.7 Å². The molecule has 0 spiro atoms. The molecule has 7 atom stereocenters. The maximum Gasteiger partial charge on any atom is 0.305 e. The van der Waals surface area contributed by atoms with Crippen molar-refractivity contribution in [1.29, 1.82) is 0 Å². The summed E-state index contributed by atoms with van der Waals surface area (Å²) >= 11 is 15.2. The van der Waals surface area contributed by atoms with Crippen molar-refractivity contribution < 1.29 is 29.0 Å². The number of H-pyrrole nitrogens is 1. The number of nitrogens with zero attached hydrogens (tertiary/aromatic N) is 1. The molecular weight excluding hydrogens is 647 g/mol. The number of carboxylic acid groups (broad SMARTS) is 1. The van der Waals surface area contributed by atoms with Gasteiger partial charge in [0.05, 0.1) is 24.0 Å². The number of hydrogen-bond donors (Lipinski definition) is 2. The number of methoxy groups -OCH3 is 1. The van der Waals surface area contributed by atoms with Crippen LogP contribution in [0.4, 0.5) is 0 Å². The molecule has 9 nitrogen and oxygen atoms in total. The SMILES string of the molecule is COc1cc([C@H]2c3sc(=O)[nH]c3SC3C4CC(C5C(=O)N(CCCC(=O)O)C(=O)C45)C32)ccc1OCc1ccc(Cl)cc1Cl. The lowest BCUT2D eigenvalue weighted by Gasteiger charge is -2.43. The van der Waals surface area contributed by atoms with Gasteiger partial charge in [0, 0.05) is 44.6 Å². The fourth-order valence-electron chi connectivity index (χ4n) is 7.85. The van der Waals surface area contributed by atoms with Crippen LogP contribution in [0.15, 0.2) is 46.2 Å². The lowest BCUT2D eigenvalue weighted by atomic mass is 9.68. The largest absolute Gasteiger partial charge is 0.493 e. The molecule has 2 N–H and O–H groups in total. The van der Waals surface area contributed by atoms with Crippen molar-refractivity contribution in [2.45, 2.75) is 42.1 Å². The molecule has 13 heteroatoms. The number of rotatable bonds is 9. The van der Waals surface area contributed by atoms with Crippen LogP contribution in [0.25, 0.3) is 0 Å². The standard InChI is InChI=1S/C31H28Cl2N2O7S2/c1-41-20-9-13(5-7-19(20)42-12-14-4-6-15(32)10-18(14)33)22-23-16-11-17(26(23)43-28-27(22)44-31(40)34-28)25-24(16)29(38)35(30(25)39)8-2-3-21(36)37/h4-7,9-10,16-17,22-26H,2-3,8,11-12H2,1H3,(H,34,40)(H,36,37)/t16?,17?,22-,23?,24?,25?,26?/m1/s1. The third kappa shape index (κ3) is 4.83. The summed E-state index contributed by atoms with van der Waals surface area (Å²) in [5, 5.41) is 11.0. The Morgan fingerprint density at radius 1 is 1.07 bits per heavy atom. The van der Waals surface area contributed by atoms with E-state index in [1.807, 2.05) is 24.3 Å². The summed E-state index contributed by atoms with van der Waals surface area (Å²) in [6.45, 7) is 0.342. The Bertz CT molecular complexity index is 1740. The molecule has 2 saturated carbocycles. The molecule has 6 unspecified atom stereocenters. The highest BCUT2D eigenvalue weighted by Crippen LogP contribution is 2.68. The summed E-state index contributed by atoms with van der Waals surface area (Å²) in [5.74, 6) is -1.25. The van der Waals surface area contributed by atoms with Gasteiger partial charge in [0.25, 0.3) is 0 Å². The molecule has 230 valence electrons. The Balaban J connectivity index is 1.20. The van der Waals surface area contributed by atoms with Gasteiger partial charge in [-0.3, -0.25) is 24.1 Å². The number of carbonyl (C=O) groups excluding carboxylic acids is 2. The molecule has 3 heterocycles. The monoisotopic (exact) mass is 674 g/mol. The lowest BCUT2D eigenvalue weighted by molar-refractivity contribution is -0.142. The number of hydrogen-bond acceptors (Lipinski definition) is 8. The van der Waals surface area contributed by atoms with Crippen LogP contribution in [-0.4, -0.2) is 51.7 Å². The van der Waals surface area contributed by atoms with Gasteiger partial charge in [0.15, 0.2) is 11.5 Å². The number of thioether (sulfide) groups is 1. The van der Waals surface area contributed by atoms with E-state index in [-0.39, 0.29) is 71.6 Å². The van der Waals surface area contributed by atoms with Gasteiger partial charge in [-0.05, 0) is 60.4 Å². The number of aromatic amines is 1. The van der Waals surface area contributed by atoms with Crippen LogP contribution in [-0.2, 0) is 21.0 Å². The molecule has 3 aromatic rings. The van der Waals surface area contributed by atoms with E-state index in [2.05, 4.69) is 4.98 Å². The second-order valence-electron chi connectivity index (χ2n) is 11.7. The van der Waals surface area contributed by atoms with E-state index in [0.29, 0.717) is 21.5 Å². The van der Waals surface area contributed by atoms with Crippen LogP contribution >= 0.6 is 46.3 Å². The number of aromatic nitrogens is 1. The first kappa shape index (κ1) is 29.7. The Labute approximate surface area is 270 Å². The first-order valence-corrected chi connectivity index (χ1v) is 16.8. The van der Waals surface area contributed by atoms with Gasteiger partial charge in [-0.25, -0.2) is 0 Å². The summed E-state index contributed by atoms with van der Waals surface area (Å²) < 4.78 is 11.8. The maximum absolute atomic E-state index is 13.7. The number of aliphatic carboxylic acids is 1. The van der Waals surface area contributed by atoms with E-state index in [1.54, 1.807) is 31.0 Å². The molecular formula is C31H28Cl2N2O7S2. The van der Waals surface area contributed by atoms with E-state index in [0.717, 1.165) is 27.5 Å². The fourth-order valence-corrected chi connectivity index (χ4v) is 11.2. The van der Waals surface area contributed by atoms with E-state index in [1.165, 1.54) is 16.2 Å². The first-order chi connectivity index (χ1) is 21.2. The minimum Gasteiger partial charge on any atom is -0.493 e. The molecule has 1 saturated heterocycles. The average molecular weight is 676 g/mol. The zero-order valence-electron chi connectivity index (χ0n) is 23.5. The van der Waals surface area contributed by atoms with Gasteiger partial charge in [0.2, 0.25) is 11.8 Å². The minimum atomic E-state index is -0.949. The van der Waals surface area contributed by atoms with Crippen LogP contribution in [0.1, 0.15) is 41.2 Å². The number of carbonyl (C=O) groups is 3. The van der Waals surface area contributed by atoms with Crippen LogP contribution in [0, 0.1) is 29.6 Å². The highest BCUT2D eigenvalue weighted by molar-refractivity contribution is 8.00. The van der Waals surface area contributed by atoms with Crippen molar-refractivity contribution in [3.05, 3.63) is 72.1 Å². The van der Waals surface area contributed by atoms with Crippen molar-refractivity contribution >= 4 is 64.1 Å². The van der Waals surface area contributed by atoms with E-state index in [4.69, 9.17) is 37.8 Å². The number of likely N-dealkylation sites (tertiary alicyclic amines) is 1. The Morgan fingerprint density at radius 2 is 1.84 bits per heavy atom. The van der Waals surface area contributed by atoms with Gasteiger partial charge in [-0.2, -0.15) is 0 Å². The van der Waals surface area contributed by atoms with Crippen LogP contribution in [0.2, 0.25) is 10.0 Å². The number of nitrogens with one attached hydrogen (secondary N) is 1. The molecule has 7 rings (SSSR count). The average Bonchev–Trinajstić information content (AvgIpc) is 3.72. The predicted octanol–water partition coefficient (Wildman–Crippen LogP) is 5.67. The molecule has 0 radical (unpaired) electrons. The van der Waals surface area contributed by atoms with Crippen molar-refractivity contribution in [1.82, 2.24) is 9.88 Å². The predicted molar refractivity (Wildman–Crippen MR) is 166 cm³/mol. The molecule has 3 fully saturated rings. The van der Waals surface area contributed by atoms with Gasteiger partial charge in [-0.15, -0.1) is 11.8 Å². The number of amides is 2. The molecule has 2 bridgehead atoms. The zero-order chi connectivity index (χ0) is 30.9. The summed E-state index contributed by atoms with van der Waals surface area (Å²) in [5.41, 5.74) is 1.73. The second kappa shape index (κ2) is 11.4. The zero-order valence-corrected chi connectivity index (χ0v) is 26.6. The van der Waals surface area contributed by atoms with Crippen molar-refractivity contribution in [3.63, 3.8) is 0 Å². The summed E-state index contributed by atoms with van der Waals surface area (Å²) in [6.07, 6.45) is 0.918. The number of fused-ring (bicyclic) bond motifs is 9. The second-order valence-corrected chi connectivity index (χ2v) is 14.8. The third-order valence-corrected chi connectivity index (χ3v) is 12.7. The molecule has 2 aliphatic carbocycles. The third-order valence-electron chi connectivity index (χ3n) is 9.53. The Morgan fingerprint density at radius 3 is 2.57 bits per heavy atom. The minimum absolute atomic E-state index is 0.00592. The van der Waals surface area contributed by atoms with Crippen molar-refractivity contribution in [2.75, 3.05) is 13.7 Å². The van der Waals surface area contributed by atoms with Gasteiger partial charge < -0.3 is 19.6 Å². The number of imide groups is 1. The number of thiazole rings is 1. The van der Waals surface area contributed by atoms with E-state index >= 15 is 0 Å². The van der Waals surface area contributed by atoms with E-state index < -0.39 is 17.8 Å².